The molecule has 1 aliphatic rings. The Morgan fingerprint density at radius 1 is 1.64 bits per heavy atom. The van der Waals surface area contributed by atoms with Gasteiger partial charge in [-0.1, -0.05) is 11.6 Å². The molecule has 2 rings (SSSR count). The molecule has 1 fully saturated rings. The van der Waals surface area contributed by atoms with Gasteiger partial charge in [0, 0.05) is 31.9 Å². The topological polar surface area (TPSA) is 67.6 Å². The molecule has 1 saturated heterocycles. The third-order valence-electron chi connectivity index (χ3n) is 3.49. The SMILES string of the molecule is COCC(N)C(=O)NC1CCN(c2ccc(Cl)c(F)c2)C1.Cl. The van der Waals surface area contributed by atoms with Crippen LogP contribution in [0.2, 0.25) is 5.02 Å². The molecule has 2 atom stereocenters. The minimum atomic E-state index is -0.669. The van der Waals surface area contributed by atoms with Gasteiger partial charge in [0.2, 0.25) is 5.91 Å². The van der Waals surface area contributed by atoms with Crippen LogP contribution in [0.15, 0.2) is 18.2 Å². The Balaban J connectivity index is 0.00000242. The number of nitrogens with two attached hydrogens (primary N) is 1. The summed E-state index contributed by atoms with van der Waals surface area (Å²) in [5, 5.41) is 2.99. The van der Waals surface area contributed by atoms with Crippen molar-refractivity contribution in [3.63, 3.8) is 0 Å². The maximum Gasteiger partial charge on any atom is 0.239 e. The van der Waals surface area contributed by atoms with Gasteiger partial charge in [0.15, 0.2) is 0 Å². The van der Waals surface area contributed by atoms with Crippen LogP contribution in [0, 0.1) is 5.82 Å². The maximum atomic E-state index is 13.5. The average Bonchev–Trinajstić information content (AvgIpc) is 2.90. The van der Waals surface area contributed by atoms with Crippen LogP contribution >= 0.6 is 24.0 Å². The Morgan fingerprint density at radius 3 is 3.00 bits per heavy atom. The first-order valence-electron chi connectivity index (χ1n) is 6.76. The lowest BCUT2D eigenvalue weighted by Crippen LogP contribution is -2.48. The molecule has 1 amide bonds. The highest BCUT2D eigenvalue weighted by molar-refractivity contribution is 6.30. The molecule has 1 aliphatic heterocycles. The lowest BCUT2D eigenvalue weighted by atomic mass is 10.2. The number of hydrogen-bond donors (Lipinski definition) is 2. The van der Waals surface area contributed by atoms with Crippen molar-refractivity contribution in [3.05, 3.63) is 29.0 Å². The molecule has 0 spiro atoms. The van der Waals surface area contributed by atoms with E-state index in [1.54, 1.807) is 6.07 Å². The molecule has 0 aromatic heterocycles. The average molecular weight is 352 g/mol. The zero-order chi connectivity index (χ0) is 15.4. The van der Waals surface area contributed by atoms with E-state index < -0.39 is 11.9 Å². The molecule has 5 nitrogen and oxygen atoms in total. The molecule has 2 unspecified atom stereocenters. The van der Waals surface area contributed by atoms with Gasteiger partial charge in [0.05, 0.1) is 11.6 Å². The summed E-state index contributed by atoms with van der Waals surface area (Å²) in [6.07, 6.45) is 0.787. The van der Waals surface area contributed by atoms with Gasteiger partial charge < -0.3 is 20.7 Å². The number of hydrogen-bond acceptors (Lipinski definition) is 4. The number of rotatable bonds is 5. The summed E-state index contributed by atoms with van der Waals surface area (Å²) in [7, 11) is 1.50. The van der Waals surface area contributed by atoms with Crippen molar-refractivity contribution in [2.24, 2.45) is 5.73 Å². The van der Waals surface area contributed by atoms with Gasteiger partial charge in [-0.15, -0.1) is 12.4 Å². The summed E-state index contributed by atoms with van der Waals surface area (Å²) in [4.78, 5) is 13.8. The largest absolute Gasteiger partial charge is 0.383 e. The zero-order valence-electron chi connectivity index (χ0n) is 12.2. The number of nitrogens with zero attached hydrogens (tertiary/aromatic N) is 1. The van der Waals surface area contributed by atoms with E-state index in [2.05, 4.69) is 5.32 Å². The van der Waals surface area contributed by atoms with E-state index in [-0.39, 0.29) is 36.0 Å². The molecule has 8 heteroatoms. The quantitative estimate of drug-likeness (QED) is 0.844. The minimum Gasteiger partial charge on any atom is -0.383 e. The summed E-state index contributed by atoms with van der Waals surface area (Å²) < 4.78 is 18.3. The molecule has 1 aromatic rings. The van der Waals surface area contributed by atoms with Crippen LogP contribution in [0.25, 0.3) is 0 Å². The van der Waals surface area contributed by atoms with E-state index in [0.717, 1.165) is 18.7 Å². The Labute approximate surface area is 140 Å². The van der Waals surface area contributed by atoms with E-state index in [4.69, 9.17) is 22.1 Å². The molecule has 0 saturated carbocycles. The third kappa shape index (κ3) is 4.71. The fourth-order valence-electron chi connectivity index (χ4n) is 2.36. The van der Waals surface area contributed by atoms with Gasteiger partial charge in [-0.05, 0) is 24.6 Å². The van der Waals surface area contributed by atoms with Crippen LogP contribution in [-0.2, 0) is 9.53 Å². The summed E-state index contributed by atoms with van der Waals surface area (Å²) in [6, 6.07) is 4.04. The van der Waals surface area contributed by atoms with Gasteiger partial charge in [-0.3, -0.25) is 4.79 Å². The highest BCUT2D eigenvalue weighted by Crippen LogP contribution is 2.24. The van der Waals surface area contributed by atoms with Crippen LogP contribution < -0.4 is 16.0 Å². The molecule has 1 heterocycles. The van der Waals surface area contributed by atoms with Gasteiger partial charge in [-0.25, -0.2) is 4.39 Å². The number of carbonyl (C=O) groups excluding carboxylic acids is 1. The number of amides is 1. The second-order valence-electron chi connectivity index (χ2n) is 5.10. The fourth-order valence-corrected chi connectivity index (χ4v) is 2.48. The summed E-state index contributed by atoms with van der Waals surface area (Å²) >= 11 is 5.67. The second kappa shape index (κ2) is 8.53. The Bertz CT molecular complexity index is 519. The van der Waals surface area contributed by atoms with Crippen LogP contribution in [-0.4, -0.2) is 44.8 Å². The van der Waals surface area contributed by atoms with E-state index in [1.165, 1.54) is 19.2 Å². The molecule has 22 heavy (non-hydrogen) atoms. The van der Waals surface area contributed by atoms with Crippen molar-refractivity contribution in [1.82, 2.24) is 5.32 Å². The van der Waals surface area contributed by atoms with Crippen LogP contribution in [0.5, 0.6) is 0 Å². The molecular weight excluding hydrogens is 332 g/mol. The Hall–Kier alpha value is -1.08. The first-order valence-corrected chi connectivity index (χ1v) is 7.14. The van der Waals surface area contributed by atoms with Gasteiger partial charge in [0.25, 0.3) is 0 Å². The second-order valence-corrected chi connectivity index (χ2v) is 5.51. The van der Waals surface area contributed by atoms with Crippen LogP contribution in [0.3, 0.4) is 0 Å². The summed E-state index contributed by atoms with van der Waals surface area (Å²) in [5.74, 6) is -0.672. The van der Waals surface area contributed by atoms with Crippen LogP contribution in [0.1, 0.15) is 6.42 Å². The Morgan fingerprint density at radius 2 is 2.36 bits per heavy atom. The first-order chi connectivity index (χ1) is 10.0. The predicted molar refractivity (Wildman–Crippen MR) is 87.3 cm³/mol. The molecule has 0 aliphatic carbocycles. The lowest BCUT2D eigenvalue weighted by molar-refractivity contribution is -0.124. The molecule has 1 aromatic carbocycles. The minimum absolute atomic E-state index is 0. The highest BCUT2D eigenvalue weighted by Gasteiger charge is 2.26. The van der Waals surface area contributed by atoms with E-state index in [9.17, 15) is 9.18 Å². The van der Waals surface area contributed by atoms with Gasteiger partial charge in [0.1, 0.15) is 11.9 Å². The molecule has 0 bridgehead atoms. The molecule has 124 valence electrons. The van der Waals surface area contributed by atoms with Crippen molar-refractivity contribution in [2.45, 2.75) is 18.5 Å². The van der Waals surface area contributed by atoms with Crippen LogP contribution in [0.4, 0.5) is 10.1 Å². The maximum absolute atomic E-state index is 13.5. The fraction of sp³-hybridized carbons (Fsp3) is 0.500. The summed E-state index contributed by atoms with van der Waals surface area (Å²) in [6.45, 7) is 1.54. The number of halogens is 3. The standard InChI is InChI=1S/C14H19ClFN3O2.ClH/c1-21-8-13(17)14(20)18-9-4-5-19(7-9)10-2-3-11(15)12(16)6-10;/h2-3,6,9,13H,4-5,7-8,17H2,1H3,(H,18,20);1H. The number of methoxy groups -OCH3 is 1. The first kappa shape index (κ1) is 19.0. The number of anilines is 1. The van der Waals surface area contributed by atoms with E-state index in [0.29, 0.717) is 6.54 Å². The summed E-state index contributed by atoms with van der Waals surface area (Å²) in [5.41, 5.74) is 6.43. The normalized spacial score (nSPS) is 18.7. The monoisotopic (exact) mass is 351 g/mol. The van der Waals surface area contributed by atoms with Crippen molar-refractivity contribution < 1.29 is 13.9 Å². The zero-order valence-corrected chi connectivity index (χ0v) is 13.8. The predicted octanol–water partition coefficient (Wildman–Crippen LogP) is 1.57. The van der Waals surface area contributed by atoms with Gasteiger partial charge in [-0.2, -0.15) is 0 Å². The lowest BCUT2D eigenvalue weighted by Gasteiger charge is -2.20. The number of ether oxygens (including phenoxy) is 1. The number of benzene rings is 1. The van der Waals surface area contributed by atoms with Crippen molar-refractivity contribution in [3.8, 4) is 0 Å². The molecule has 0 radical (unpaired) electrons. The van der Waals surface area contributed by atoms with Crippen molar-refractivity contribution >= 4 is 35.6 Å². The highest BCUT2D eigenvalue weighted by atomic mass is 35.5. The van der Waals surface area contributed by atoms with E-state index in [1.807, 2.05) is 4.90 Å². The third-order valence-corrected chi connectivity index (χ3v) is 3.79. The van der Waals surface area contributed by atoms with Crippen molar-refractivity contribution in [2.75, 3.05) is 31.7 Å². The van der Waals surface area contributed by atoms with Gasteiger partial charge >= 0.3 is 0 Å². The number of carbonyl (C=O) groups is 1. The molecular formula is C14H20Cl2FN3O2. The number of nitrogens with one attached hydrogen (secondary N) is 1. The smallest absolute Gasteiger partial charge is 0.239 e. The molecule has 3 N–H and O–H groups in total. The van der Waals surface area contributed by atoms with Crippen molar-refractivity contribution in [1.29, 1.82) is 0 Å². The Kier molecular flexibility index (Phi) is 7.35. The van der Waals surface area contributed by atoms with E-state index >= 15 is 0 Å².